The highest BCUT2D eigenvalue weighted by Gasteiger charge is 2.29. The van der Waals surface area contributed by atoms with E-state index in [0.29, 0.717) is 0 Å². The van der Waals surface area contributed by atoms with Gasteiger partial charge in [-0.2, -0.15) is 0 Å². The van der Waals surface area contributed by atoms with Crippen LogP contribution in [0.2, 0.25) is 0 Å². The van der Waals surface area contributed by atoms with Crippen molar-refractivity contribution in [1.82, 2.24) is 4.57 Å². The topological polar surface area (TPSA) is 82.7 Å². The molecule has 3 N–H and O–H groups in total. The summed E-state index contributed by atoms with van der Waals surface area (Å²) < 4.78 is 1.15. The molecule has 1 aromatic rings. The van der Waals surface area contributed by atoms with Crippen LogP contribution in [0.5, 0.6) is 11.8 Å². The molecule has 1 heterocycles. The molecule has 78 valence electrons. The summed E-state index contributed by atoms with van der Waals surface area (Å²) in [5.41, 5.74) is -1.03. The molecule has 0 saturated carbocycles. The van der Waals surface area contributed by atoms with Crippen molar-refractivity contribution in [2.24, 2.45) is 5.41 Å². The third-order valence-electron chi connectivity index (χ3n) is 2.07. The van der Waals surface area contributed by atoms with Crippen molar-refractivity contribution in [3.63, 3.8) is 0 Å². The molecule has 0 aliphatic heterocycles. The maximum absolute atomic E-state index is 10.8. The molecular weight excluding hydrogens is 186 g/mol. The van der Waals surface area contributed by atoms with E-state index in [0.717, 1.165) is 4.57 Å². The molecule has 0 bridgehead atoms. The Balaban J connectivity index is 2.94. The van der Waals surface area contributed by atoms with Gasteiger partial charge in [0.05, 0.1) is 5.41 Å². The van der Waals surface area contributed by atoms with Crippen LogP contribution < -0.4 is 0 Å². The van der Waals surface area contributed by atoms with Gasteiger partial charge in [0, 0.05) is 18.7 Å². The number of aliphatic carboxylic acids is 1. The Morgan fingerprint density at radius 3 is 2.14 bits per heavy atom. The first kappa shape index (κ1) is 10.4. The van der Waals surface area contributed by atoms with Gasteiger partial charge in [0.2, 0.25) is 0 Å². The van der Waals surface area contributed by atoms with Crippen molar-refractivity contribution in [3.05, 3.63) is 12.1 Å². The number of hydrogen-bond acceptors (Lipinski definition) is 3. The summed E-state index contributed by atoms with van der Waals surface area (Å²) in [4.78, 5) is 10.8. The number of carboxylic acid groups (broad SMARTS) is 1. The van der Waals surface area contributed by atoms with Gasteiger partial charge < -0.3 is 15.3 Å². The minimum Gasteiger partial charge on any atom is -0.494 e. The molecule has 0 fully saturated rings. The lowest BCUT2D eigenvalue weighted by Crippen LogP contribution is -2.28. The van der Waals surface area contributed by atoms with Gasteiger partial charge in [-0.15, -0.1) is 0 Å². The lowest BCUT2D eigenvalue weighted by molar-refractivity contribution is -0.147. The van der Waals surface area contributed by atoms with Crippen LogP contribution >= 0.6 is 0 Å². The van der Waals surface area contributed by atoms with Crippen molar-refractivity contribution >= 4 is 5.97 Å². The van der Waals surface area contributed by atoms with E-state index in [1.165, 1.54) is 26.0 Å². The molecule has 14 heavy (non-hydrogen) atoms. The summed E-state index contributed by atoms with van der Waals surface area (Å²) >= 11 is 0. The van der Waals surface area contributed by atoms with Crippen LogP contribution in [-0.4, -0.2) is 25.9 Å². The monoisotopic (exact) mass is 199 g/mol. The molecule has 5 nitrogen and oxygen atoms in total. The average molecular weight is 199 g/mol. The van der Waals surface area contributed by atoms with Gasteiger partial charge in [0.15, 0.2) is 11.8 Å². The Hall–Kier alpha value is -1.65. The van der Waals surface area contributed by atoms with Gasteiger partial charge in [-0.25, -0.2) is 0 Å². The van der Waals surface area contributed by atoms with E-state index in [4.69, 9.17) is 5.11 Å². The van der Waals surface area contributed by atoms with Crippen LogP contribution in [0, 0.1) is 5.41 Å². The SMILES string of the molecule is CC(C)(Cn1c(O)ccc1O)C(=O)O. The molecule has 1 aromatic heterocycles. The summed E-state index contributed by atoms with van der Waals surface area (Å²) in [6, 6.07) is 2.63. The molecular formula is C9H13NO4. The second-order valence-corrected chi connectivity index (χ2v) is 3.82. The Morgan fingerprint density at radius 1 is 1.36 bits per heavy atom. The summed E-state index contributed by atoms with van der Waals surface area (Å²) in [6.45, 7) is 3.06. The molecule has 0 radical (unpaired) electrons. The second-order valence-electron chi connectivity index (χ2n) is 3.82. The first-order valence-corrected chi connectivity index (χ1v) is 4.15. The molecule has 0 aromatic carbocycles. The number of aromatic hydroxyl groups is 2. The predicted octanol–water partition coefficient (Wildman–Crippen LogP) is 1.01. The van der Waals surface area contributed by atoms with Crippen LogP contribution in [-0.2, 0) is 11.3 Å². The second kappa shape index (κ2) is 3.25. The minimum atomic E-state index is -1.03. The number of rotatable bonds is 3. The highest BCUT2D eigenvalue weighted by Crippen LogP contribution is 2.27. The van der Waals surface area contributed by atoms with Gasteiger partial charge >= 0.3 is 5.97 Å². The van der Waals surface area contributed by atoms with Crippen molar-refractivity contribution in [2.75, 3.05) is 0 Å². The van der Waals surface area contributed by atoms with Gasteiger partial charge in [-0.1, -0.05) is 0 Å². The zero-order valence-electron chi connectivity index (χ0n) is 8.06. The van der Waals surface area contributed by atoms with Crippen molar-refractivity contribution in [1.29, 1.82) is 0 Å². The normalized spacial score (nSPS) is 11.6. The lowest BCUT2D eigenvalue weighted by atomic mass is 9.94. The fraction of sp³-hybridized carbons (Fsp3) is 0.444. The largest absolute Gasteiger partial charge is 0.494 e. The zero-order valence-corrected chi connectivity index (χ0v) is 8.06. The number of carbonyl (C=O) groups is 1. The Morgan fingerprint density at radius 2 is 1.79 bits per heavy atom. The Bertz CT molecular complexity index is 334. The third kappa shape index (κ3) is 1.81. The molecule has 0 saturated heterocycles. The highest BCUT2D eigenvalue weighted by molar-refractivity contribution is 5.73. The minimum absolute atomic E-state index is 0.0208. The van der Waals surface area contributed by atoms with Crippen LogP contribution in [0.1, 0.15) is 13.8 Å². The first-order chi connectivity index (χ1) is 6.34. The first-order valence-electron chi connectivity index (χ1n) is 4.15. The van der Waals surface area contributed by atoms with E-state index in [-0.39, 0.29) is 18.3 Å². The fourth-order valence-corrected chi connectivity index (χ4v) is 1.07. The number of nitrogens with zero attached hydrogens (tertiary/aromatic N) is 1. The summed E-state index contributed by atoms with van der Waals surface area (Å²) in [6.07, 6.45) is 0. The summed E-state index contributed by atoms with van der Waals surface area (Å²) in [7, 11) is 0. The number of aromatic nitrogens is 1. The molecule has 0 atom stereocenters. The standard InChI is InChI=1S/C9H13NO4/c1-9(2,8(13)14)5-10-6(11)3-4-7(10)12/h3-4,11-12H,5H2,1-2H3,(H,13,14). The smallest absolute Gasteiger partial charge is 0.310 e. The number of carboxylic acids is 1. The molecule has 0 spiro atoms. The van der Waals surface area contributed by atoms with Gasteiger partial charge in [-0.3, -0.25) is 9.36 Å². The van der Waals surface area contributed by atoms with E-state index in [1.54, 1.807) is 0 Å². The molecule has 0 unspecified atom stereocenters. The molecule has 0 amide bonds. The van der Waals surface area contributed by atoms with Gasteiger partial charge in [0.25, 0.3) is 0 Å². The molecule has 0 aliphatic rings. The summed E-state index contributed by atoms with van der Waals surface area (Å²) in [5, 5.41) is 27.4. The number of hydrogen-bond donors (Lipinski definition) is 3. The molecule has 5 heteroatoms. The van der Waals surface area contributed by atoms with Crippen molar-refractivity contribution in [2.45, 2.75) is 20.4 Å². The van der Waals surface area contributed by atoms with Crippen molar-refractivity contribution in [3.8, 4) is 11.8 Å². The Kier molecular flexibility index (Phi) is 2.42. The van der Waals surface area contributed by atoms with Gasteiger partial charge in [0.1, 0.15) is 0 Å². The average Bonchev–Trinajstić information content (AvgIpc) is 2.35. The van der Waals surface area contributed by atoms with Crippen LogP contribution in [0.25, 0.3) is 0 Å². The molecule has 0 aliphatic carbocycles. The quantitative estimate of drug-likeness (QED) is 0.678. The lowest BCUT2D eigenvalue weighted by Gasteiger charge is -2.20. The maximum Gasteiger partial charge on any atom is 0.310 e. The van der Waals surface area contributed by atoms with Crippen molar-refractivity contribution < 1.29 is 20.1 Å². The summed E-state index contributed by atoms with van der Waals surface area (Å²) in [5.74, 6) is -1.27. The van der Waals surface area contributed by atoms with E-state index in [1.807, 2.05) is 0 Å². The van der Waals surface area contributed by atoms with E-state index in [2.05, 4.69) is 0 Å². The van der Waals surface area contributed by atoms with E-state index in [9.17, 15) is 15.0 Å². The zero-order chi connectivity index (χ0) is 10.9. The third-order valence-corrected chi connectivity index (χ3v) is 2.07. The van der Waals surface area contributed by atoms with Gasteiger partial charge in [-0.05, 0) is 13.8 Å². The van der Waals surface area contributed by atoms with Crippen LogP contribution in [0.3, 0.4) is 0 Å². The maximum atomic E-state index is 10.8. The predicted molar refractivity (Wildman–Crippen MR) is 49.2 cm³/mol. The Labute approximate surface area is 81.2 Å². The highest BCUT2D eigenvalue weighted by atomic mass is 16.4. The molecule has 1 rings (SSSR count). The van der Waals surface area contributed by atoms with E-state index < -0.39 is 11.4 Å². The van der Waals surface area contributed by atoms with E-state index >= 15 is 0 Å². The van der Waals surface area contributed by atoms with Crippen LogP contribution in [0.15, 0.2) is 12.1 Å². The fourth-order valence-electron chi connectivity index (χ4n) is 1.07. The van der Waals surface area contributed by atoms with Crippen LogP contribution in [0.4, 0.5) is 0 Å².